The summed E-state index contributed by atoms with van der Waals surface area (Å²) >= 11 is 0. The molecule has 1 unspecified atom stereocenters. The van der Waals surface area contributed by atoms with E-state index in [0.717, 1.165) is 0 Å². The second-order valence-corrected chi connectivity index (χ2v) is 3.35. The van der Waals surface area contributed by atoms with Crippen molar-refractivity contribution >= 4 is 23.8 Å². The van der Waals surface area contributed by atoms with Crippen LogP contribution in [0.15, 0.2) is 0 Å². The molecular formula is C9H14N2O6. The number of imide groups is 1. The summed E-state index contributed by atoms with van der Waals surface area (Å²) in [5.41, 5.74) is 5.00. The van der Waals surface area contributed by atoms with Crippen LogP contribution < -0.4 is 11.1 Å². The van der Waals surface area contributed by atoms with Crippen molar-refractivity contribution in [1.82, 2.24) is 5.32 Å². The zero-order chi connectivity index (χ0) is 13.4. The Labute approximate surface area is 96.8 Å². The Morgan fingerprint density at radius 1 is 1.24 bits per heavy atom. The van der Waals surface area contributed by atoms with Gasteiger partial charge in [0.1, 0.15) is 6.04 Å². The molecule has 8 heteroatoms. The Hall–Kier alpha value is -1.96. The van der Waals surface area contributed by atoms with E-state index in [4.69, 9.17) is 15.9 Å². The van der Waals surface area contributed by atoms with Gasteiger partial charge in [-0.1, -0.05) is 0 Å². The molecule has 0 radical (unpaired) electrons. The lowest BCUT2D eigenvalue weighted by Gasteiger charge is -2.01. The highest BCUT2D eigenvalue weighted by Gasteiger charge is 2.15. The van der Waals surface area contributed by atoms with Crippen LogP contribution >= 0.6 is 0 Å². The normalized spacial score (nSPS) is 15.6. The van der Waals surface area contributed by atoms with E-state index in [-0.39, 0.29) is 24.7 Å². The molecule has 2 amide bonds. The Morgan fingerprint density at radius 3 is 1.94 bits per heavy atom. The fourth-order valence-electron chi connectivity index (χ4n) is 0.910. The topological polar surface area (TPSA) is 147 Å². The molecule has 1 saturated heterocycles. The molecule has 1 heterocycles. The van der Waals surface area contributed by atoms with Crippen molar-refractivity contribution < 1.29 is 29.4 Å². The summed E-state index contributed by atoms with van der Waals surface area (Å²) < 4.78 is 0. The molecule has 96 valence electrons. The highest BCUT2D eigenvalue weighted by molar-refractivity contribution is 6.01. The first-order valence-electron chi connectivity index (χ1n) is 4.85. The zero-order valence-corrected chi connectivity index (χ0v) is 9.01. The number of hydrogen-bond donors (Lipinski definition) is 4. The third-order valence-corrected chi connectivity index (χ3v) is 1.84. The van der Waals surface area contributed by atoms with Gasteiger partial charge in [0.25, 0.3) is 0 Å². The first-order chi connectivity index (χ1) is 7.82. The summed E-state index contributed by atoms with van der Waals surface area (Å²) in [6, 6.07) is -1.06. The van der Waals surface area contributed by atoms with Gasteiger partial charge in [0.2, 0.25) is 11.8 Å². The lowest BCUT2D eigenvalue weighted by molar-refractivity contribution is -0.140. The summed E-state index contributed by atoms with van der Waals surface area (Å²) in [4.78, 5) is 40.1. The summed E-state index contributed by atoms with van der Waals surface area (Å²) in [6.07, 6.45) is 0.524. The van der Waals surface area contributed by atoms with E-state index >= 15 is 0 Å². The van der Waals surface area contributed by atoms with Crippen molar-refractivity contribution in [2.24, 2.45) is 5.73 Å². The maximum atomic E-state index is 10.1. The number of nitrogens with two attached hydrogens (primary N) is 1. The van der Waals surface area contributed by atoms with Crippen molar-refractivity contribution in [2.45, 2.75) is 31.7 Å². The lowest BCUT2D eigenvalue weighted by Crippen LogP contribution is -2.30. The number of amides is 2. The molecule has 0 bridgehead atoms. The molecule has 1 rings (SSSR count). The van der Waals surface area contributed by atoms with E-state index in [9.17, 15) is 19.2 Å². The van der Waals surface area contributed by atoms with Gasteiger partial charge in [-0.25, -0.2) is 0 Å². The largest absolute Gasteiger partial charge is 0.481 e. The second-order valence-electron chi connectivity index (χ2n) is 3.35. The third-order valence-electron chi connectivity index (χ3n) is 1.84. The highest BCUT2D eigenvalue weighted by Crippen LogP contribution is 1.96. The van der Waals surface area contributed by atoms with Crippen LogP contribution in [-0.2, 0) is 19.2 Å². The fourth-order valence-corrected chi connectivity index (χ4v) is 0.910. The van der Waals surface area contributed by atoms with Gasteiger partial charge in [-0.3, -0.25) is 24.5 Å². The Balaban J connectivity index is 0.000000318. The van der Waals surface area contributed by atoms with Crippen molar-refractivity contribution in [3.8, 4) is 0 Å². The standard InChI is InChI=1S/C5H9NO4.C4H5NO2/c6-3(5(9)10)1-2-4(7)8;6-3-1-2-4(7)5-3/h3H,1-2,6H2,(H,7,8)(H,9,10);1-2H2,(H,5,6,7). The average Bonchev–Trinajstić information content (AvgIpc) is 2.59. The van der Waals surface area contributed by atoms with Crippen LogP contribution in [0.5, 0.6) is 0 Å². The monoisotopic (exact) mass is 246 g/mol. The van der Waals surface area contributed by atoms with E-state index in [1.54, 1.807) is 0 Å². The van der Waals surface area contributed by atoms with Crippen molar-refractivity contribution in [3.05, 3.63) is 0 Å². The van der Waals surface area contributed by atoms with Crippen LogP contribution in [0.1, 0.15) is 25.7 Å². The number of carboxylic acid groups (broad SMARTS) is 2. The molecule has 8 nitrogen and oxygen atoms in total. The maximum absolute atomic E-state index is 10.1. The smallest absolute Gasteiger partial charge is 0.320 e. The summed E-state index contributed by atoms with van der Waals surface area (Å²) in [5, 5.41) is 18.4. The molecule has 0 aromatic heterocycles. The Kier molecular flexibility index (Phi) is 6.49. The Morgan fingerprint density at radius 2 is 1.71 bits per heavy atom. The quantitative estimate of drug-likeness (QED) is 0.450. The number of rotatable bonds is 4. The van der Waals surface area contributed by atoms with Gasteiger partial charge in [0.05, 0.1) is 0 Å². The van der Waals surface area contributed by atoms with E-state index in [1.165, 1.54) is 0 Å². The molecule has 1 aliphatic heterocycles. The van der Waals surface area contributed by atoms with Crippen LogP contribution in [0.4, 0.5) is 0 Å². The highest BCUT2D eigenvalue weighted by atomic mass is 16.4. The van der Waals surface area contributed by atoms with Gasteiger partial charge in [0, 0.05) is 19.3 Å². The van der Waals surface area contributed by atoms with Crippen LogP contribution in [0.2, 0.25) is 0 Å². The van der Waals surface area contributed by atoms with Gasteiger partial charge in [-0.15, -0.1) is 0 Å². The molecule has 0 spiro atoms. The van der Waals surface area contributed by atoms with Crippen LogP contribution in [0.3, 0.4) is 0 Å². The number of carbonyl (C=O) groups excluding carboxylic acids is 2. The second kappa shape index (κ2) is 7.34. The van der Waals surface area contributed by atoms with E-state index in [1.807, 2.05) is 0 Å². The van der Waals surface area contributed by atoms with E-state index in [0.29, 0.717) is 12.8 Å². The lowest BCUT2D eigenvalue weighted by atomic mass is 10.2. The first-order valence-corrected chi connectivity index (χ1v) is 4.85. The number of aliphatic carboxylic acids is 2. The molecule has 0 aromatic rings. The molecule has 1 atom stereocenters. The number of carboxylic acids is 2. The SMILES string of the molecule is NC(CCC(=O)O)C(=O)O.O=C1CCC(=O)N1. The average molecular weight is 246 g/mol. The predicted molar refractivity (Wildman–Crippen MR) is 54.9 cm³/mol. The van der Waals surface area contributed by atoms with Gasteiger partial charge in [-0.2, -0.15) is 0 Å². The fraction of sp³-hybridized carbons (Fsp3) is 0.556. The molecular weight excluding hydrogens is 232 g/mol. The summed E-state index contributed by atoms with van der Waals surface area (Å²) in [5.74, 6) is -2.49. The van der Waals surface area contributed by atoms with Gasteiger partial charge < -0.3 is 15.9 Å². The minimum absolute atomic E-state index is 0.0231. The summed E-state index contributed by atoms with van der Waals surface area (Å²) in [7, 11) is 0. The minimum Gasteiger partial charge on any atom is -0.481 e. The van der Waals surface area contributed by atoms with Gasteiger partial charge in [-0.05, 0) is 6.42 Å². The van der Waals surface area contributed by atoms with Crippen LogP contribution in [0.25, 0.3) is 0 Å². The first kappa shape index (κ1) is 15.0. The predicted octanol–water partition coefficient (Wildman–Crippen LogP) is -1.31. The third kappa shape index (κ3) is 7.91. The van der Waals surface area contributed by atoms with Crippen molar-refractivity contribution in [3.63, 3.8) is 0 Å². The molecule has 5 N–H and O–H groups in total. The van der Waals surface area contributed by atoms with Crippen molar-refractivity contribution in [2.75, 3.05) is 0 Å². The molecule has 1 fully saturated rings. The molecule has 1 aliphatic rings. The summed E-state index contributed by atoms with van der Waals surface area (Å²) in [6.45, 7) is 0. The van der Waals surface area contributed by atoms with Gasteiger partial charge in [0.15, 0.2) is 0 Å². The van der Waals surface area contributed by atoms with Crippen LogP contribution in [-0.4, -0.2) is 40.0 Å². The molecule has 17 heavy (non-hydrogen) atoms. The molecule has 0 aromatic carbocycles. The van der Waals surface area contributed by atoms with Crippen LogP contribution in [0, 0.1) is 0 Å². The molecule has 0 saturated carbocycles. The maximum Gasteiger partial charge on any atom is 0.320 e. The Bertz CT molecular complexity index is 313. The molecule has 0 aliphatic carbocycles. The van der Waals surface area contributed by atoms with E-state index in [2.05, 4.69) is 5.32 Å². The number of carbonyl (C=O) groups is 4. The number of nitrogens with one attached hydrogen (secondary N) is 1. The zero-order valence-electron chi connectivity index (χ0n) is 9.01. The van der Waals surface area contributed by atoms with Gasteiger partial charge >= 0.3 is 11.9 Å². The van der Waals surface area contributed by atoms with E-state index < -0.39 is 18.0 Å². The minimum atomic E-state index is -1.17. The van der Waals surface area contributed by atoms with Crippen molar-refractivity contribution in [1.29, 1.82) is 0 Å². The number of hydrogen-bond acceptors (Lipinski definition) is 5.